The second-order valence-corrected chi connectivity index (χ2v) is 4.80. The van der Waals surface area contributed by atoms with Crippen molar-refractivity contribution in [1.29, 1.82) is 0 Å². The third-order valence-electron chi connectivity index (χ3n) is 3.34. The summed E-state index contributed by atoms with van der Waals surface area (Å²) in [6.07, 6.45) is 1.04. The smallest absolute Gasteiger partial charge is 0.248 e. The van der Waals surface area contributed by atoms with Crippen molar-refractivity contribution in [2.75, 3.05) is 18.5 Å². The van der Waals surface area contributed by atoms with E-state index in [4.69, 9.17) is 0 Å². The zero-order valence-electron chi connectivity index (χ0n) is 11.0. The van der Waals surface area contributed by atoms with Gasteiger partial charge in [0.1, 0.15) is 6.04 Å². The quantitative estimate of drug-likeness (QED) is 0.867. The zero-order chi connectivity index (χ0) is 12.6. The maximum atomic E-state index is 12.2. The van der Waals surface area contributed by atoms with Gasteiger partial charge < -0.3 is 10.2 Å². The summed E-state index contributed by atoms with van der Waals surface area (Å²) in [6, 6.07) is 4.08. The molecule has 0 aromatic heterocycles. The Labute approximate surface area is 103 Å². The van der Waals surface area contributed by atoms with E-state index in [2.05, 4.69) is 38.2 Å². The predicted octanol–water partition coefficient (Wildman–Crippen LogP) is 2.32. The molecule has 1 aliphatic heterocycles. The topological polar surface area (TPSA) is 32.3 Å². The van der Waals surface area contributed by atoms with Crippen LogP contribution in [0.15, 0.2) is 12.1 Å². The number of nitrogens with one attached hydrogen (secondary N) is 1. The molecule has 1 aromatic carbocycles. The van der Waals surface area contributed by atoms with E-state index < -0.39 is 0 Å². The number of rotatable bonds is 3. The molecule has 1 aromatic rings. The lowest BCUT2D eigenvalue weighted by Crippen LogP contribution is -2.32. The van der Waals surface area contributed by atoms with E-state index >= 15 is 0 Å². The van der Waals surface area contributed by atoms with Crippen LogP contribution in [0.5, 0.6) is 0 Å². The Morgan fingerprint density at radius 3 is 2.71 bits per heavy atom. The summed E-state index contributed by atoms with van der Waals surface area (Å²) in [7, 11) is 1.85. The van der Waals surface area contributed by atoms with Crippen LogP contribution in [0.1, 0.15) is 36.1 Å². The number of benzene rings is 1. The lowest BCUT2D eigenvalue weighted by Gasteiger charge is -2.13. The number of carbonyl (C=O) groups excluding carboxylic acids is 1. The molecule has 0 fully saturated rings. The van der Waals surface area contributed by atoms with Gasteiger partial charge in [-0.2, -0.15) is 0 Å². The van der Waals surface area contributed by atoms with Crippen LogP contribution >= 0.6 is 0 Å². The maximum absolute atomic E-state index is 12.2. The zero-order valence-corrected chi connectivity index (χ0v) is 11.0. The summed E-state index contributed by atoms with van der Waals surface area (Å²) < 4.78 is 0. The van der Waals surface area contributed by atoms with Crippen molar-refractivity contribution in [3.8, 4) is 0 Å². The summed E-state index contributed by atoms with van der Waals surface area (Å²) in [5.74, 6) is 0.155. The number of likely N-dealkylation sites (N-methyl/N-ethyl adjacent to an activating group) is 1. The van der Waals surface area contributed by atoms with Gasteiger partial charge >= 0.3 is 0 Å². The van der Waals surface area contributed by atoms with Crippen LogP contribution in [0.3, 0.4) is 0 Å². The minimum Gasteiger partial charge on any atom is -0.313 e. The molecule has 0 saturated heterocycles. The summed E-state index contributed by atoms with van der Waals surface area (Å²) in [6.45, 7) is 7.13. The maximum Gasteiger partial charge on any atom is 0.248 e. The molecule has 2 rings (SSSR count). The molecule has 1 atom stereocenters. The molecule has 3 nitrogen and oxygen atoms in total. The van der Waals surface area contributed by atoms with E-state index in [1.807, 2.05) is 7.05 Å². The van der Waals surface area contributed by atoms with E-state index in [0.717, 1.165) is 24.2 Å². The van der Waals surface area contributed by atoms with Gasteiger partial charge in [0.25, 0.3) is 0 Å². The van der Waals surface area contributed by atoms with E-state index in [1.165, 1.54) is 11.1 Å². The highest BCUT2D eigenvalue weighted by Crippen LogP contribution is 2.37. The molecule has 0 bridgehead atoms. The molecule has 1 N–H and O–H groups in total. The third kappa shape index (κ3) is 1.95. The number of hydrogen-bond donors (Lipinski definition) is 1. The number of amides is 1. The number of aryl methyl sites for hydroxylation is 2. The van der Waals surface area contributed by atoms with Gasteiger partial charge in [0.05, 0.1) is 0 Å². The Kier molecular flexibility index (Phi) is 3.20. The number of anilines is 1. The van der Waals surface area contributed by atoms with Crippen LogP contribution in [0.2, 0.25) is 0 Å². The van der Waals surface area contributed by atoms with Crippen molar-refractivity contribution in [2.24, 2.45) is 0 Å². The molecule has 0 saturated carbocycles. The molecule has 1 unspecified atom stereocenters. The van der Waals surface area contributed by atoms with E-state index in [-0.39, 0.29) is 11.9 Å². The molecule has 1 amide bonds. The predicted molar refractivity (Wildman–Crippen MR) is 70.4 cm³/mol. The molecule has 17 heavy (non-hydrogen) atoms. The number of hydrogen-bond acceptors (Lipinski definition) is 2. The molecule has 1 heterocycles. The Hall–Kier alpha value is -1.35. The van der Waals surface area contributed by atoms with E-state index in [9.17, 15) is 4.79 Å². The monoisotopic (exact) mass is 232 g/mol. The van der Waals surface area contributed by atoms with Crippen molar-refractivity contribution < 1.29 is 4.79 Å². The van der Waals surface area contributed by atoms with Crippen molar-refractivity contribution in [1.82, 2.24) is 5.32 Å². The Morgan fingerprint density at radius 2 is 2.06 bits per heavy atom. The summed E-state index contributed by atoms with van der Waals surface area (Å²) in [5, 5.41) is 3.34. The minimum atomic E-state index is -0.157. The fourth-order valence-electron chi connectivity index (χ4n) is 2.52. The molecular formula is C14H20N2O. The van der Waals surface area contributed by atoms with Crippen molar-refractivity contribution in [3.05, 3.63) is 28.8 Å². The van der Waals surface area contributed by atoms with Crippen LogP contribution in [0.25, 0.3) is 0 Å². The lowest BCUT2D eigenvalue weighted by molar-refractivity contribution is -0.119. The highest BCUT2D eigenvalue weighted by atomic mass is 16.2. The van der Waals surface area contributed by atoms with Crippen LogP contribution in [0.4, 0.5) is 5.69 Å². The van der Waals surface area contributed by atoms with Gasteiger partial charge in [-0.05, 0) is 44.0 Å². The van der Waals surface area contributed by atoms with Crippen LogP contribution in [-0.2, 0) is 4.79 Å². The Bertz CT molecular complexity index is 454. The lowest BCUT2D eigenvalue weighted by atomic mass is 10.00. The summed E-state index contributed by atoms with van der Waals surface area (Å²) >= 11 is 0. The van der Waals surface area contributed by atoms with Crippen LogP contribution in [-0.4, -0.2) is 19.5 Å². The fraction of sp³-hybridized carbons (Fsp3) is 0.500. The van der Waals surface area contributed by atoms with Gasteiger partial charge in [-0.1, -0.05) is 13.0 Å². The average molecular weight is 232 g/mol. The van der Waals surface area contributed by atoms with E-state index in [0.29, 0.717) is 0 Å². The van der Waals surface area contributed by atoms with Crippen LogP contribution in [0, 0.1) is 13.8 Å². The molecule has 3 heteroatoms. The first-order valence-corrected chi connectivity index (χ1v) is 6.18. The second-order valence-electron chi connectivity index (χ2n) is 4.80. The summed E-state index contributed by atoms with van der Waals surface area (Å²) in [5.41, 5.74) is 4.61. The summed E-state index contributed by atoms with van der Waals surface area (Å²) in [4.78, 5) is 14.0. The number of fused-ring (bicyclic) bond motifs is 1. The molecule has 0 radical (unpaired) electrons. The molecular weight excluding hydrogens is 212 g/mol. The van der Waals surface area contributed by atoms with Gasteiger partial charge in [0, 0.05) is 18.3 Å². The minimum absolute atomic E-state index is 0.155. The van der Waals surface area contributed by atoms with Gasteiger partial charge in [-0.15, -0.1) is 0 Å². The fourth-order valence-corrected chi connectivity index (χ4v) is 2.52. The normalized spacial score (nSPS) is 18.7. The number of carbonyl (C=O) groups is 1. The average Bonchev–Trinajstić information content (AvgIpc) is 2.51. The first-order chi connectivity index (χ1) is 8.06. The standard InChI is InChI=1S/C14H20N2O/c1-5-6-15-13-12-10(3)7-9(2)8-11(12)16(4)14(13)17/h7-8,13,15H,5-6H2,1-4H3. The van der Waals surface area contributed by atoms with E-state index in [1.54, 1.807) is 4.90 Å². The van der Waals surface area contributed by atoms with Crippen molar-refractivity contribution in [2.45, 2.75) is 33.2 Å². The highest BCUT2D eigenvalue weighted by Gasteiger charge is 2.35. The van der Waals surface area contributed by atoms with Crippen molar-refractivity contribution >= 4 is 11.6 Å². The SMILES string of the molecule is CCCNC1C(=O)N(C)c2cc(C)cc(C)c21. The third-order valence-corrected chi connectivity index (χ3v) is 3.34. The van der Waals surface area contributed by atoms with Gasteiger partial charge in [-0.3, -0.25) is 4.79 Å². The number of nitrogens with zero attached hydrogens (tertiary/aromatic N) is 1. The molecule has 92 valence electrons. The molecule has 1 aliphatic rings. The second kappa shape index (κ2) is 4.49. The highest BCUT2D eigenvalue weighted by molar-refractivity contribution is 6.04. The Morgan fingerprint density at radius 1 is 1.35 bits per heavy atom. The Balaban J connectivity index is 2.44. The first-order valence-electron chi connectivity index (χ1n) is 6.18. The van der Waals surface area contributed by atoms with Gasteiger partial charge in [0.2, 0.25) is 5.91 Å². The van der Waals surface area contributed by atoms with Gasteiger partial charge in [-0.25, -0.2) is 0 Å². The van der Waals surface area contributed by atoms with Crippen molar-refractivity contribution in [3.63, 3.8) is 0 Å². The van der Waals surface area contributed by atoms with Gasteiger partial charge in [0.15, 0.2) is 0 Å². The molecule has 0 spiro atoms. The molecule has 0 aliphatic carbocycles. The van der Waals surface area contributed by atoms with Crippen LogP contribution < -0.4 is 10.2 Å². The largest absolute Gasteiger partial charge is 0.313 e. The first kappa shape index (κ1) is 12.1.